The van der Waals surface area contributed by atoms with Gasteiger partial charge in [-0.3, -0.25) is 4.79 Å². The third-order valence-electron chi connectivity index (χ3n) is 3.50. The van der Waals surface area contributed by atoms with Gasteiger partial charge in [0.2, 0.25) is 5.91 Å². The molecule has 1 saturated heterocycles. The van der Waals surface area contributed by atoms with Gasteiger partial charge < -0.3 is 10.6 Å². The molecule has 0 aromatic heterocycles. The SMILES string of the molecule is CCCCC(CCC)NC(=O)CC1CCCN1. The van der Waals surface area contributed by atoms with Crippen LogP contribution in [0.2, 0.25) is 0 Å². The third-order valence-corrected chi connectivity index (χ3v) is 3.50. The highest BCUT2D eigenvalue weighted by atomic mass is 16.1. The lowest BCUT2D eigenvalue weighted by atomic mass is 10.0. The molecule has 0 aromatic carbocycles. The van der Waals surface area contributed by atoms with E-state index in [4.69, 9.17) is 0 Å². The zero-order valence-corrected chi connectivity index (χ0v) is 11.4. The zero-order valence-electron chi connectivity index (χ0n) is 11.4. The third kappa shape index (κ3) is 6.06. The van der Waals surface area contributed by atoms with E-state index in [0.29, 0.717) is 18.5 Å². The molecule has 0 saturated carbocycles. The molecule has 2 atom stereocenters. The standard InChI is InChI=1S/C14H28N2O/c1-3-5-8-12(7-4-2)16-14(17)11-13-9-6-10-15-13/h12-13,15H,3-11H2,1-2H3,(H,16,17). The van der Waals surface area contributed by atoms with Crippen molar-refractivity contribution in [2.24, 2.45) is 0 Å². The highest BCUT2D eigenvalue weighted by Crippen LogP contribution is 2.10. The van der Waals surface area contributed by atoms with Crippen LogP contribution in [0.3, 0.4) is 0 Å². The quantitative estimate of drug-likeness (QED) is 0.685. The summed E-state index contributed by atoms with van der Waals surface area (Å²) >= 11 is 0. The van der Waals surface area contributed by atoms with E-state index in [1.165, 1.54) is 19.3 Å². The van der Waals surface area contributed by atoms with E-state index in [2.05, 4.69) is 24.5 Å². The predicted molar refractivity (Wildman–Crippen MR) is 72.0 cm³/mol. The molecule has 1 rings (SSSR count). The molecule has 0 radical (unpaired) electrons. The highest BCUT2D eigenvalue weighted by molar-refractivity contribution is 5.76. The van der Waals surface area contributed by atoms with Gasteiger partial charge in [0.15, 0.2) is 0 Å². The Morgan fingerprint density at radius 2 is 2.18 bits per heavy atom. The summed E-state index contributed by atoms with van der Waals surface area (Å²) < 4.78 is 0. The number of carbonyl (C=O) groups is 1. The maximum Gasteiger partial charge on any atom is 0.221 e. The first kappa shape index (κ1) is 14.5. The van der Waals surface area contributed by atoms with Gasteiger partial charge >= 0.3 is 0 Å². The second-order valence-corrected chi connectivity index (χ2v) is 5.19. The number of amides is 1. The first-order chi connectivity index (χ1) is 8.26. The van der Waals surface area contributed by atoms with E-state index >= 15 is 0 Å². The Bertz CT molecular complexity index is 212. The molecule has 3 heteroatoms. The average Bonchev–Trinajstić information content (AvgIpc) is 2.78. The van der Waals surface area contributed by atoms with E-state index in [1.54, 1.807) is 0 Å². The minimum atomic E-state index is 0.235. The molecule has 1 heterocycles. The van der Waals surface area contributed by atoms with Crippen LogP contribution >= 0.6 is 0 Å². The van der Waals surface area contributed by atoms with Crippen molar-refractivity contribution < 1.29 is 4.79 Å². The Balaban J connectivity index is 2.23. The topological polar surface area (TPSA) is 41.1 Å². The average molecular weight is 240 g/mol. The molecule has 2 N–H and O–H groups in total. The fraction of sp³-hybridized carbons (Fsp3) is 0.929. The first-order valence-corrected chi connectivity index (χ1v) is 7.29. The van der Waals surface area contributed by atoms with Crippen LogP contribution in [0, 0.1) is 0 Å². The molecule has 100 valence electrons. The second-order valence-electron chi connectivity index (χ2n) is 5.19. The number of hydrogen-bond acceptors (Lipinski definition) is 2. The largest absolute Gasteiger partial charge is 0.353 e. The number of carbonyl (C=O) groups excluding carboxylic acids is 1. The fourth-order valence-electron chi connectivity index (χ4n) is 2.53. The van der Waals surface area contributed by atoms with E-state index in [9.17, 15) is 4.79 Å². The van der Waals surface area contributed by atoms with Gasteiger partial charge in [-0.05, 0) is 32.2 Å². The summed E-state index contributed by atoms with van der Waals surface area (Å²) in [7, 11) is 0. The second kappa shape index (κ2) is 8.51. The number of nitrogens with one attached hydrogen (secondary N) is 2. The summed E-state index contributed by atoms with van der Waals surface area (Å²) in [5.74, 6) is 0.235. The summed E-state index contributed by atoms with van der Waals surface area (Å²) in [5.41, 5.74) is 0. The van der Waals surface area contributed by atoms with Gasteiger partial charge in [-0.25, -0.2) is 0 Å². The highest BCUT2D eigenvalue weighted by Gasteiger charge is 2.19. The van der Waals surface area contributed by atoms with Crippen LogP contribution in [0.4, 0.5) is 0 Å². The Morgan fingerprint density at radius 1 is 1.35 bits per heavy atom. The van der Waals surface area contributed by atoms with Crippen molar-refractivity contribution in [1.29, 1.82) is 0 Å². The van der Waals surface area contributed by atoms with Crippen LogP contribution < -0.4 is 10.6 Å². The lowest BCUT2D eigenvalue weighted by Crippen LogP contribution is -2.38. The van der Waals surface area contributed by atoms with Crippen molar-refractivity contribution in [3.8, 4) is 0 Å². The molecule has 0 aromatic rings. The van der Waals surface area contributed by atoms with Gasteiger partial charge in [0.05, 0.1) is 0 Å². The van der Waals surface area contributed by atoms with Gasteiger partial charge in [-0.2, -0.15) is 0 Å². The Morgan fingerprint density at radius 3 is 2.76 bits per heavy atom. The van der Waals surface area contributed by atoms with Crippen molar-refractivity contribution in [3.05, 3.63) is 0 Å². The first-order valence-electron chi connectivity index (χ1n) is 7.29. The van der Waals surface area contributed by atoms with E-state index in [0.717, 1.165) is 32.2 Å². The Labute approximate surface area is 106 Å². The molecule has 0 bridgehead atoms. The predicted octanol–water partition coefficient (Wildman–Crippen LogP) is 2.60. The van der Waals surface area contributed by atoms with Crippen LogP contribution in [0.15, 0.2) is 0 Å². The number of unbranched alkanes of at least 4 members (excludes halogenated alkanes) is 1. The lowest BCUT2D eigenvalue weighted by Gasteiger charge is -2.19. The van der Waals surface area contributed by atoms with E-state index in [-0.39, 0.29) is 5.91 Å². The molecule has 1 aliphatic heterocycles. The summed E-state index contributed by atoms with van der Waals surface area (Å²) in [6.07, 6.45) is 8.85. The molecular weight excluding hydrogens is 212 g/mol. The number of hydrogen-bond donors (Lipinski definition) is 2. The molecule has 17 heavy (non-hydrogen) atoms. The molecule has 0 aliphatic carbocycles. The lowest BCUT2D eigenvalue weighted by molar-refractivity contribution is -0.122. The molecule has 0 spiro atoms. The van der Waals surface area contributed by atoms with Crippen LogP contribution in [0.1, 0.15) is 65.2 Å². The summed E-state index contributed by atoms with van der Waals surface area (Å²) in [5, 5.41) is 6.58. The summed E-state index contributed by atoms with van der Waals surface area (Å²) in [4.78, 5) is 11.9. The monoisotopic (exact) mass is 240 g/mol. The molecule has 3 nitrogen and oxygen atoms in total. The Hall–Kier alpha value is -0.570. The van der Waals surface area contributed by atoms with Gasteiger partial charge in [-0.15, -0.1) is 0 Å². The van der Waals surface area contributed by atoms with Crippen molar-refractivity contribution in [2.45, 2.75) is 77.3 Å². The molecule has 2 unspecified atom stereocenters. The maximum absolute atomic E-state index is 11.9. The maximum atomic E-state index is 11.9. The number of rotatable bonds is 8. The van der Waals surface area contributed by atoms with Crippen LogP contribution in [-0.2, 0) is 4.79 Å². The van der Waals surface area contributed by atoms with Crippen molar-refractivity contribution in [1.82, 2.24) is 10.6 Å². The van der Waals surface area contributed by atoms with Gasteiger partial charge in [0.25, 0.3) is 0 Å². The van der Waals surface area contributed by atoms with Crippen molar-refractivity contribution >= 4 is 5.91 Å². The van der Waals surface area contributed by atoms with Crippen LogP contribution in [0.25, 0.3) is 0 Å². The van der Waals surface area contributed by atoms with Crippen molar-refractivity contribution in [2.75, 3.05) is 6.54 Å². The van der Waals surface area contributed by atoms with E-state index in [1.807, 2.05) is 0 Å². The minimum Gasteiger partial charge on any atom is -0.353 e. The van der Waals surface area contributed by atoms with Gasteiger partial charge in [0, 0.05) is 18.5 Å². The molecule has 1 aliphatic rings. The van der Waals surface area contributed by atoms with Crippen LogP contribution in [-0.4, -0.2) is 24.5 Å². The smallest absolute Gasteiger partial charge is 0.221 e. The Kier molecular flexibility index (Phi) is 7.25. The van der Waals surface area contributed by atoms with Gasteiger partial charge in [-0.1, -0.05) is 33.1 Å². The minimum absolute atomic E-state index is 0.235. The summed E-state index contributed by atoms with van der Waals surface area (Å²) in [6, 6.07) is 0.817. The normalized spacial score (nSPS) is 21.4. The summed E-state index contributed by atoms with van der Waals surface area (Å²) in [6.45, 7) is 5.46. The van der Waals surface area contributed by atoms with Crippen LogP contribution in [0.5, 0.6) is 0 Å². The van der Waals surface area contributed by atoms with Gasteiger partial charge in [0.1, 0.15) is 0 Å². The van der Waals surface area contributed by atoms with Crippen molar-refractivity contribution in [3.63, 3.8) is 0 Å². The molecule has 1 fully saturated rings. The fourth-order valence-corrected chi connectivity index (χ4v) is 2.53. The molecular formula is C14H28N2O. The molecule has 1 amide bonds. The van der Waals surface area contributed by atoms with E-state index < -0.39 is 0 Å². The zero-order chi connectivity index (χ0) is 12.5.